The van der Waals surface area contributed by atoms with Gasteiger partial charge in [-0.2, -0.15) is 0 Å². The Hall–Kier alpha value is -1.01. The molecule has 0 spiro atoms. The number of hydrogen-bond acceptors (Lipinski definition) is 2. The highest BCUT2D eigenvalue weighted by Crippen LogP contribution is 2.35. The molecule has 2 bridgehead atoms. The number of nitrogens with zero attached hydrogens (tertiary/aromatic N) is 1. The molecule has 2 N–H and O–H groups in total. The Balaban J connectivity index is 1.94. The van der Waals surface area contributed by atoms with Crippen LogP contribution in [0.5, 0.6) is 0 Å². The second-order valence-electron chi connectivity index (χ2n) is 4.74. The van der Waals surface area contributed by atoms with Gasteiger partial charge in [-0.15, -0.1) is 12.3 Å². The number of terminal acetylenes is 1. The van der Waals surface area contributed by atoms with E-state index in [4.69, 9.17) is 12.2 Å². The van der Waals surface area contributed by atoms with Crippen molar-refractivity contribution < 1.29 is 4.79 Å². The van der Waals surface area contributed by atoms with Crippen LogP contribution in [-0.4, -0.2) is 29.4 Å². The third kappa shape index (κ3) is 2.15. The van der Waals surface area contributed by atoms with Crippen molar-refractivity contribution in [2.24, 2.45) is 11.7 Å². The zero-order valence-electron chi connectivity index (χ0n) is 8.98. The third-order valence-corrected chi connectivity index (χ3v) is 3.52. The second-order valence-corrected chi connectivity index (χ2v) is 4.74. The van der Waals surface area contributed by atoms with E-state index in [2.05, 4.69) is 5.92 Å². The highest BCUT2D eigenvalue weighted by atomic mass is 16.2. The van der Waals surface area contributed by atoms with E-state index in [0.717, 1.165) is 25.8 Å². The Labute approximate surface area is 91.0 Å². The molecule has 1 aliphatic carbocycles. The van der Waals surface area contributed by atoms with Gasteiger partial charge in [0, 0.05) is 31.5 Å². The maximum Gasteiger partial charge on any atom is 0.223 e. The summed E-state index contributed by atoms with van der Waals surface area (Å²) in [4.78, 5) is 13.9. The van der Waals surface area contributed by atoms with Gasteiger partial charge in [-0.25, -0.2) is 0 Å². The van der Waals surface area contributed by atoms with Crippen molar-refractivity contribution in [2.75, 3.05) is 6.54 Å². The predicted molar refractivity (Wildman–Crippen MR) is 58.9 cm³/mol. The van der Waals surface area contributed by atoms with Crippen molar-refractivity contribution in [3.8, 4) is 12.3 Å². The molecule has 15 heavy (non-hydrogen) atoms. The van der Waals surface area contributed by atoms with Crippen LogP contribution in [-0.2, 0) is 4.79 Å². The fourth-order valence-corrected chi connectivity index (χ4v) is 2.91. The number of likely N-dealkylation sites (tertiary alicyclic amines) is 1. The predicted octanol–water partition coefficient (Wildman–Crippen LogP) is 0.738. The lowest BCUT2D eigenvalue weighted by atomic mass is 9.87. The summed E-state index contributed by atoms with van der Waals surface area (Å²) >= 11 is 0. The van der Waals surface area contributed by atoms with Crippen LogP contribution in [0.4, 0.5) is 0 Å². The molecule has 1 heterocycles. The van der Waals surface area contributed by atoms with Crippen LogP contribution in [0.25, 0.3) is 0 Å². The van der Waals surface area contributed by atoms with Crippen molar-refractivity contribution in [3.05, 3.63) is 0 Å². The molecule has 1 amide bonds. The lowest BCUT2D eigenvalue weighted by Crippen LogP contribution is -2.38. The Morgan fingerprint density at radius 1 is 1.47 bits per heavy atom. The summed E-state index contributed by atoms with van der Waals surface area (Å²) in [5.74, 6) is 3.37. The summed E-state index contributed by atoms with van der Waals surface area (Å²) in [6, 6.07) is 0.684. The first-order valence-electron chi connectivity index (χ1n) is 5.69. The Morgan fingerprint density at radius 3 is 3.00 bits per heavy atom. The zero-order chi connectivity index (χ0) is 10.8. The van der Waals surface area contributed by atoms with Crippen molar-refractivity contribution in [1.82, 2.24) is 4.90 Å². The molecule has 0 aromatic carbocycles. The molecule has 0 aromatic rings. The zero-order valence-corrected chi connectivity index (χ0v) is 8.98. The molecule has 1 saturated heterocycles. The first-order valence-corrected chi connectivity index (χ1v) is 5.69. The molecular formula is C12H18N2O. The van der Waals surface area contributed by atoms with E-state index >= 15 is 0 Å². The average molecular weight is 206 g/mol. The highest BCUT2D eigenvalue weighted by molar-refractivity contribution is 5.77. The molecule has 2 rings (SSSR count). The monoisotopic (exact) mass is 206 g/mol. The lowest BCUT2D eigenvalue weighted by molar-refractivity contribution is -0.131. The van der Waals surface area contributed by atoms with Crippen LogP contribution in [0.3, 0.4) is 0 Å². The molecule has 1 aliphatic heterocycles. The Morgan fingerprint density at radius 2 is 2.27 bits per heavy atom. The van der Waals surface area contributed by atoms with Crippen molar-refractivity contribution in [3.63, 3.8) is 0 Å². The number of amides is 1. The molecule has 0 radical (unpaired) electrons. The first kappa shape index (κ1) is 10.5. The molecule has 1 saturated carbocycles. The summed E-state index contributed by atoms with van der Waals surface area (Å²) in [5, 5.41) is 0. The molecule has 3 nitrogen and oxygen atoms in total. The van der Waals surface area contributed by atoms with E-state index in [-0.39, 0.29) is 5.91 Å². The Bertz CT molecular complexity index is 294. The van der Waals surface area contributed by atoms with Crippen LogP contribution in [0, 0.1) is 18.3 Å². The summed E-state index contributed by atoms with van der Waals surface area (Å²) in [6.45, 7) is 0.905. The smallest absolute Gasteiger partial charge is 0.223 e. The van der Waals surface area contributed by atoms with Gasteiger partial charge in [0.1, 0.15) is 0 Å². The van der Waals surface area contributed by atoms with Gasteiger partial charge in [-0.1, -0.05) is 0 Å². The maximum atomic E-state index is 11.8. The van der Waals surface area contributed by atoms with Gasteiger partial charge in [0.15, 0.2) is 0 Å². The summed E-state index contributed by atoms with van der Waals surface area (Å²) in [7, 11) is 0. The van der Waals surface area contributed by atoms with Gasteiger partial charge in [0.05, 0.1) is 0 Å². The first-order chi connectivity index (χ1) is 7.20. The van der Waals surface area contributed by atoms with E-state index in [0.29, 0.717) is 30.8 Å². The number of rotatable bonds is 2. The largest absolute Gasteiger partial charge is 0.339 e. The van der Waals surface area contributed by atoms with Crippen LogP contribution < -0.4 is 5.73 Å². The van der Waals surface area contributed by atoms with E-state index in [1.165, 1.54) is 0 Å². The molecule has 3 heteroatoms. The molecule has 82 valence electrons. The van der Waals surface area contributed by atoms with Gasteiger partial charge in [0.25, 0.3) is 0 Å². The number of carbonyl (C=O) groups is 1. The molecule has 2 fully saturated rings. The number of hydrogen-bond donors (Lipinski definition) is 1. The number of carbonyl (C=O) groups excluding carboxylic acids is 1. The minimum Gasteiger partial charge on any atom is -0.339 e. The van der Waals surface area contributed by atoms with E-state index in [9.17, 15) is 4.79 Å². The third-order valence-electron chi connectivity index (χ3n) is 3.52. The van der Waals surface area contributed by atoms with Gasteiger partial charge >= 0.3 is 0 Å². The van der Waals surface area contributed by atoms with E-state index in [1.54, 1.807) is 0 Å². The molecule has 2 aliphatic rings. The quantitative estimate of drug-likeness (QED) is 0.677. The van der Waals surface area contributed by atoms with Gasteiger partial charge in [-0.3, -0.25) is 4.79 Å². The average Bonchev–Trinajstić information content (AvgIpc) is 2.50. The normalized spacial score (nSPS) is 33.9. The van der Waals surface area contributed by atoms with Gasteiger partial charge < -0.3 is 10.6 Å². The maximum absolute atomic E-state index is 11.8. The molecule has 0 aromatic heterocycles. The summed E-state index contributed by atoms with van der Waals surface area (Å²) < 4.78 is 0. The lowest BCUT2D eigenvalue weighted by Gasteiger charge is -2.27. The molecule has 3 unspecified atom stereocenters. The number of fused-ring (bicyclic) bond motifs is 2. The topological polar surface area (TPSA) is 46.3 Å². The SMILES string of the molecule is C#CCCC(=O)N1CC2CC(N)CC1C2. The van der Waals surface area contributed by atoms with Crippen LogP contribution >= 0.6 is 0 Å². The fraction of sp³-hybridized carbons (Fsp3) is 0.750. The molecular weight excluding hydrogens is 188 g/mol. The minimum atomic E-state index is 0.217. The van der Waals surface area contributed by atoms with Crippen molar-refractivity contribution in [1.29, 1.82) is 0 Å². The minimum absolute atomic E-state index is 0.217. The van der Waals surface area contributed by atoms with Crippen LogP contribution in [0.1, 0.15) is 32.1 Å². The van der Waals surface area contributed by atoms with Crippen molar-refractivity contribution in [2.45, 2.75) is 44.2 Å². The second kappa shape index (κ2) is 4.24. The van der Waals surface area contributed by atoms with Gasteiger partial charge in [-0.05, 0) is 25.2 Å². The summed E-state index contributed by atoms with van der Waals surface area (Å²) in [5.41, 5.74) is 5.95. The fourth-order valence-electron chi connectivity index (χ4n) is 2.91. The Kier molecular flexibility index (Phi) is 2.97. The molecule has 3 atom stereocenters. The van der Waals surface area contributed by atoms with Crippen LogP contribution in [0.2, 0.25) is 0 Å². The standard InChI is InChI=1S/C12H18N2O/c1-2-3-4-12(15)14-8-9-5-10(13)7-11(14)6-9/h1,9-11H,3-8,13H2. The van der Waals surface area contributed by atoms with Gasteiger partial charge in [0.2, 0.25) is 5.91 Å². The van der Waals surface area contributed by atoms with E-state index in [1.807, 2.05) is 4.90 Å². The van der Waals surface area contributed by atoms with E-state index < -0.39 is 0 Å². The van der Waals surface area contributed by atoms with Crippen molar-refractivity contribution >= 4 is 5.91 Å². The highest BCUT2D eigenvalue weighted by Gasteiger charge is 2.39. The number of nitrogens with two attached hydrogens (primary N) is 1. The van der Waals surface area contributed by atoms with Crippen LogP contribution in [0.15, 0.2) is 0 Å². The summed E-state index contributed by atoms with van der Waals surface area (Å²) in [6.07, 6.45) is 9.41.